The van der Waals surface area contributed by atoms with Gasteiger partial charge in [0.1, 0.15) is 5.82 Å². The van der Waals surface area contributed by atoms with Crippen molar-refractivity contribution in [3.63, 3.8) is 0 Å². The minimum absolute atomic E-state index is 0.0249. The Morgan fingerprint density at radius 1 is 1.27 bits per heavy atom. The standard InChI is InChI=1S/C17H19FN2O2/c1-2-3-10-19-17(22)20-11-8-14(9-12-20)16(21)13-4-6-15(18)7-5-13/h4-7,14H,8-12H2,1H3,(H,19,22). The maximum absolute atomic E-state index is 12.9. The number of urea groups is 1. The van der Waals surface area contributed by atoms with E-state index in [0.29, 0.717) is 38.0 Å². The summed E-state index contributed by atoms with van der Waals surface area (Å²) in [5.74, 6) is 5.06. The number of rotatable bonds is 3. The molecule has 2 rings (SSSR count). The van der Waals surface area contributed by atoms with Gasteiger partial charge in [-0.25, -0.2) is 9.18 Å². The molecular weight excluding hydrogens is 283 g/mol. The van der Waals surface area contributed by atoms with Crippen molar-refractivity contribution in [1.82, 2.24) is 10.2 Å². The average Bonchev–Trinajstić information content (AvgIpc) is 2.55. The molecule has 2 amide bonds. The van der Waals surface area contributed by atoms with Crippen LogP contribution in [0.5, 0.6) is 0 Å². The van der Waals surface area contributed by atoms with E-state index < -0.39 is 0 Å². The first-order valence-corrected chi connectivity index (χ1v) is 7.34. The lowest BCUT2D eigenvalue weighted by Gasteiger charge is -2.31. The first-order valence-electron chi connectivity index (χ1n) is 7.34. The first kappa shape index (κ1) is 16.0. The molecule has 0 aromatic heterocycles. The highest BCUT2D eigenvalue weighted by Gasteiger charge is 2.27. The van der Waals surface area contributed by atoms with Crippen LogP contribution >= 0.6 is 0 Å². The van der Waals surface area contributed by atoms with Crippen molar-refractivity contribution in [2.75, 3.05) is 19.6 Å². The highest BCUT2D eigenvalue weighted by molar-refractivity contribution is 5.98. The number of amides is 2. The Morgan fingerprint density at radius 3 is 2.50 bits per heavy atom. The maximum atomic E-state index is 12.9. The summed E-state index contributed by atoms with van der Waals surface area (Å²) in [7, 11) is 0. The molecule has 1 N–H and O–H groups in total. The molecule has 1 fully saturated rings. The van der Waals surface area contributed by atoms with Gasteiger partial charge in [-0.3, -0.25) is 4.79 Å². The Labute approximate surface area is 129 Å². The van der Waals surface area contributed by atoms with Crippen LogP contribution in [-0.2, 0) is 0 Å². The molecule has 1 heterocycles. The van der Waals surface area contributed by atoms with E-state index in [1.165, 1.54) is 24.3 Å². The van der Waals surface area contributed by atoms with Crippen molar-refractivity contribution in [1.29, 1.82) is 0 Å². The molecule has 4 nitrogen and oxygen atoms in total. The summed E-state index contributed by atoms with van der Waals surface area (Å²) >= 11 is 0. The quantitative estimate of drug-likeness (QED) is 0.689. The van der Waals surface area contributed by atoms with Gasteiger partial charge >= 0.3 is 6.03 Å². The number of Topliss-reactive ketones (excluding diaryl/α,β-unsaturated/α-hetero) is 1. The molecule has 116 valence electrons. The molecule has 0 radical (unpaired) electrons. The van der Waals surface area contributed by atoms with Gasteiger partial charge < -0.3 is 10.2 Å². The molecule has 0 bridgehead atoms. The zero-order valence-corrected chi connectivity index (χ0v) is 12.6. The minimum atomic E-state index is -0.349. The third-order valence-corrected chi connectivity index (χ3v) is 3.79. The fourth-order valence-corrected chi connectivity index (χ4v) is 2.51. The van der Waals surface area contributed by atoms with Crippen LogP contribution in [0.2, 0.25) is 0 Å². The van der Waals surface area contributed by atoms with E-state index in [9.17, 15) is 14.0 Å². The summed E-state index contributed by atoms with van der Waals surface area (Å²) in [6.45, 7) is 3.15. The molecule has 0 unspecified atom stereocenters. The number of hydrogen-bond acceptors (Lipinski definition) is 2. The summed E-state index contributed by atoms with van der Waals surface area (Å²) < 4.78 is 12.9. The highest BCUT2D eigenvalue weighted by atomic mass is 19.1. The third kappa shape index (κ3) is 4.08. The molecule has 0 spiro atoms. The van der Waals surface area contributed by atoms with E-state index in [0.717, 1.165) is 0 Å². The third-order valence-electron chi connectivity index (χ3n) is 3.79. The molecule has 0 atom stereocenters. The van der Waals surface area contributed by atoms with Gasteiger partial charge in [0, 0.05) is 24.6 Å². The van der Waals surface area contributed by atoms with Crippen LogP contribution in [0.3, 0.4) is 0 Å². The van der Waals surface area contributed by atoms with Crippen LogP contribution in [0.15, 0.2) is 24.3 Å². The molecule has 22 heavy (non-hydrogen) atoms. The van der Waals surface area contributed by atoms with Gasteiger partial charge in [-0.1, -0.05) is 5.92 Å². The van der Waals surface area contributed by atoms with Crippen LogP contribution < -0.4 is 5.32 Å². The lowest BCUT2D eigenvalue weighted by Crippen LogP contribution is -2.45. The van der Waals surface area contributed by atoms with E-state index in [-0.39, 0.29) is 23.5 Å². The van der Waals surface area contributed by atoms with Gasteiger partial charge in [0.05, 0.1) is 6.54 Å². The number of halogens is 1. The monoisotopic (exact) mass is 302 g/mol. The zero-order chi connectivity index (χ0) is 15.9. The molecular formula is C17H19FN2O2. The summed E-state index contributed by atoms with van der Waals surface area (Å²) in [6.07, 6.45) is 1.26. The van der Waals surface area contributed by atoms with Gasteiger partial charge in [0.25, 0.3) is 0 Å². The van der Waals surface area contributed by atoms with E-state index >= 15 is 0 Å². The van der Waals surface area contributed by atoms with Crippen molar-refractivity contribution in [3.8, 4) is 11.8 Å². The number of piperidine rings is 1. The van der Waals surface area contributed by atoms with Crippen molar-refractivity contribution in [3.05, 3.63) is 35.6 Å². The molecule has 1 saturated heterocycles. The van der Waals surface area contributed by atoms with Crippen molar-refractivity contribution in [2.45, 2.75) is 19.8 Å². The Balaban J connectivity index is 1.86. The summed E-state index contributed by atoms with van der Waals surface area (Å²) in [6, 6.07) is 5.48. The van der Waals surface area contributed by atoms with Gasteiger partial charge in [-0.15, -0.1) is 5.92 Å². The number of benzene rings is 1. The number of carbonyl (C=O) groups excluding carboxylic acids is 2. The van der Waals surface area contributed by atoms with Gasteiger partial charge in [-0.2, -0.15) is 0 Å². The van der Waals surface area contributed by atoms with Crippen molar-refractivity contribution >= 4 is 11.8 Å². The van der Waals surface area contributed by atoms with E-state index in [2.05, 4.69) is 17.2 Å². The fraction of sp³-hybridized carbons (Fsp3) is 0.412. The number of carbonyl (C=O) groups is 2. The fourth-order valence-electron chi connectivity index (χ4n) is 2.51. The number of nitrogens with one attached hydrogen (secondary N) is 1. The molecule has 0 saturated carbocycles. The van der Waals surface area contributed by atoms with Crippen LogP contribution in [0.25, 0.3) is 0 Å². The summed E-state index contributed by atoms with van der Waals surface area (Å²) in [5.41, 5.74) is 0.530. The predicted molar refractivity (Wildman–Crippen MR) is 81.9 cm³/mol. The molecule has 5 heteroatoms. The first-order chi connectivity index (χ1) is 10.6. The van der Waals surface area contributed by atoms with Crippen molar-refractivity contribution in [2.24, 2.45) is 5.92 Å². The largest absolute Gasteiger partial charge is 0.327 e. The average molecular weight is 302 g/mol. The van der Waals surface area contributed by atoms with E-state index in [1.54, 1.807) is 11.8 Å². The topological polar surface area (TPSA) is 49.4 Å². The number of nitrogens with zero attached hydrogens (tertiary/aromatic N) is 1. The number of likely N-dealkylation sites (tertiary alicyclic amines) is 1. The summed E-state index contributed by atoms with van der Waals surface area (Å²) in [5, 5.41) is 2.72. The lowest BCUT2D eigenvalue weighted by molar-refractivity contribution is 0.0855. The van der Waals surface area contributed by atoms with E-state index in [1.807, 2.05) is 0 Å². The maximum Gasteiger partial charge on any atom is 0.318 e. The summed E-state index contributed by atoms with van der Waals surface area (Å²) in [4.78, 5) is 25.9. The van der Waals surface area contributed by atoms with Crippen molar-refractivity contribution < 1.29 is 14.0 Å². The Bertz CT molecular complexity index is 593. The Kier molecular flexibility index (Phi) is 5.54. The Morgan fingerprint density at radius 2 is 1.91 bits per heavy atom. The number of ketones is 1. The van der Waals surface area contributed by atoms with Crippen LogP contribution in [0.4, 0.5) is 9.18 Å². The second kappa shape index (κ2) is 7.60. The minimum Gasteiger partial charge on any atom is -0.327 e. The second-order valence-corrected chi connectivity index (χ2v) is 5.22. The molecule has 1 aromatic rings. The smallest absolute Gasteiger partial charge is 0.318 e. The molecule has 1 aliphatic rings. The normalized spacial score (nSPS) is 14.9. The zero-order valence-electron chi connectivity index (χ0n) is 12.6. The predicted octanol–water partition coefficient (Wildman–Crippen LogP) is 2.45. The Hall–Kier alpha value is -2.35. The molecule has 0 aliphatic carbocycles. The molecule has 1 aliphatic heterocycles. The van der Waals surface area contributed by atoms with Gasteiger partial charge in [0.15, 0.2) is 5.78 Å². The van der Waals surface area contributed by atoms with E-state index in [4.69, 9.17) is 0 Å². The second-order valence-electron chi connectivity index (χ2n) is 5.22. The van der Waals surface area contributed by atoms with Gasteiger partial charge in [-0.05, 0) is 44.0 Å². The van der Waals surface area contributed by atoms with Crippen LogP contribution in [0.1, 0.15) is 30.1 Å². The molecule has 1 aromatic carbocycles. The SMILES string of the molecule is CC#CCNC(=O)N1CCC(C(=O)c2ccc(F)cc2)CC1. The number of hydrogen-bond donors (Lipinski definition) is 1. The highest BCUT2D eigenvalue weighted by Crippen LogP contribution is 2.22. The lowest BCUT2D eigenvalue weighted by atomic mass is 9.89. The van der Waals surface area contributed by atoms with Crippen LogP contribution in [-0.4, -0.2) is 36.3 Å². The van der Waals surface area contributed by atoms with Crippen LogP contribution in [0, 0.1) is 23.6 Å². The van der Waals surface area contributed by atoms with Gasteiger partial charge in [0.2, 0.25) is 0 Å².